The summed E-state index contributed by atoms with van der Waals surface area (Å²) in [6.07, 6.45) is 3.19. The second kappa shape index (κ2) is 9.14. The molecule has 0 aliphatic rings. The van der Waals surface area contributed by atoms with Gasteiger partial charge < -0.3 is 14.8 Å². The van der Waals surface area contributed by atoms with Crippen molar-refractivity contribution >= 4 is 12.0 Å². The monoisotopic (exact) mass is 336 g/mol. The van der Waals surface area contributed by atoms with Gasteiger partial charge in [-0.1, -0.05) is 18.2 Å². The van der Waals surface area contributed by atoms with Crippen molar-refractivity contribution in [1.82, 2.24) is 5.32 Å². The quantitative estimate of drug-likeness (QED) is 0.788. The molecule has 0 atom stereocenters. The fourth-order valence-corrected chi connectivity index (χ4v) is 2.18. The first kappa shape index (κ1) is 18.1. The second-order valence-corrected chi connectivity index (χ2v) is 5.20. The van der Waals surface area contributed by atoms with Crippen molar-refractivity contribution in [3.63, 3.8) is 0 Å². The van der Waals surface area contributed by atoms with Gasteiger partial charge in [0, 0.05) is 12.6 Å². The molecule has 0 spiro atoms. The molecule has 0 bridgehead atoms. The van der Waals surface area contributed by atoms with E-state index >= 15 is 0 Å². The number of amides is 1. The van der Waals surface area contributed by atoms with E-state index in [1.165, 1.54) is 6.08 Å². The summed E-state index contributed by atoms with van der Waals surface area (Å²) in [7, 11) is 1.59. The average Bonchev–Trinajstić information content (AvgIpc) is 2.65. The lowest BCUT2D eigenvalue weighted by molar-refractivity contribution is -0.116. The number of nitrogens with zero attached hydrogens (tertiary/aromatic N) is 1. The molecule has 25 heavy (non-hydrogen) atoms. The fourth-order valence-electron chi connectivity index (χ4n) is 2.18. The Morgan fingerprint density at radius 3 is 2.60 bits per heavy atom. The van der Waals surface area contributed by atoms with Crippen LogP contribution in [0.25, 0.3) is 6.08 Å². The molecule has 1 amide bonds. The van der Waals surface area contributed by atoms with Crippen LogP contribution in [-0.2, 0) is 11.3 Å². The molecule has 2 aromatic rings. The van der Waals surface area contributed by atoms with Crippen molar-refractivity contribution in [2.75, 3.05) is 13.7 Å². The molecule has 5 nitrogen and oxygen atoms in total. The number of carbonyl (C=O) groups is 1. The molecule has 5 heteroatoms. The Labute approximate surface area is 147 Å². The van der Waals surface area contributed by atoms with Crippen LogP contribution in [0.2, 0.25) is 0 Å². The predicted molar refractivity (Wildman–Crippen MR) is 96.2 cm³/mol. The SMILES string of the molecule is CCOc1cc(/C=C/C(=O)NCc2ccc(C#N)cc2)ccc1OC. The minimum absolute atomic E-state index is 0.196. The van der Waals surface area contributed by atoms with Crippen LogP contribution in [0.15, 0.2) is 48.5 Å². The summed E-state index contributed by atoms with van der Waals surface area (Å²) in [5.74, 6) is 1.10. The highest BCUT2D eigenvalue weighted by atomic mass is 16.5. The number of methoxy groups -OCH3 is 1. The Hall–Kier alpha value is -3.26. The Morgan fingerprint density at radius 1 is 1.20 bits per heavy atom. The van der Waals surface area contributed by atoms with Gasteiger partial charge in [-0.25, -0.2) is 0 Å². The Balaban J connectivity index is 1.95. The van der Waals surface area contributed by atoms with Crippen molar-refractivity contribution < 1.29 is 14.3 Å². The van der Waals surface area contributed by atoms with Crippen molar-refractivity contribution in [3.8, 4) is 17.6 Å². The maximum Gasteiger partial charge on any atom is 0.244 e. The van der Waals surface area contributed by atoms with Crippen LogP contribution >= 0.6 is 0 Å². The molecule has 0 aliphatic carbocycles. The molecule has 0 radical (unpaired) electrons. The van der Waals surface area contributed by atoms with Gasteiger partial charge in [0.05, 0.1) is 25.3 Å². The lowest BCUT2D eigenvalue weighted by atomic mass is 10.1. The van der Waals surface area contributed by atoms with Crippen LogP contribution in [0.5, 0.6) is 11.5 Å². The number of carbonyl (C=O) groups excluding carboxylic acids is 1. The first-order valence-electron chi connectivity index (χ1n) is 7.92. The minimum Gasteiger partial charge on any atom is -0.493 e. The second-order valence-electron chi connectivity index (χ2n) is 5.20. The molecule has 0 saturated carbocycles. The Bertz CT molecular complexity index is 790. The average molecular weight is 336 g/mol. The summed E-state index contributed by atoms with van der Waals surface area (Å²) in [6, 6.07) is 14.6. The third-order valence-corrected chi connectivity index (χ3v) is 3.46. The molecule has 0 heterocycles. The van der Waals surface area contributed by atoms with Crippen LogP contribution in [0.3, 0.4) is 0 Å². The topological polar surface area (TPSA) is 71.3 Å². The van der Waals surface area contributed by atoms with Crippen LogP contribution in [0.1, 0.15) is 23.6 Å². The Kier molecular flexibility index (Phi) is 6.61. The van der Waals surface area contributed by atoms with Crippen LogP contribution in [-0.4, -0.2) is 19.6 Å². The Morgan fingerprint density at radius 2 is 1.96 bits per heavy atom. The molecular weight excluding hydrogens is 316 g/mol. The molecule has 1 N–H and O–H groups in total. The summed E-state index contributed by atoms with van der Waals surface area (Å²) >= 11 is 0. The molecular formula is C20H20N2O3. The predicted octanol–water partition coefficient (Wildman–Crippen LogP) is 3.30. The summed E-state index contributed by atoms with van der Waals surface area (Å²) in [5, 5.41) is 11.6. The third-order valence-electron chi connectivity index (χ3n) is 3.46. The number of ether oxygens (including phenoxy) is 2. The molecule has 0 aromatic heterocycles. The molecule has 2 rings (SSSR count). The van der Waals surface area contributed by atoms with E-state index < -0.39 is 0 Å². The highest BCUT2D eigenvalue weighted by molar-refractivity contribution is 5.91. The van der Waals surface area contributed by atoms with E-state index in [2.05, 4.69) is 11.4 Å². The maximum absolute atomic E-state index is 11.9. The summed E-state index contributed by atoms with van der Waals surface area (Å²) in [5.41, 5.74) is 2.38. The molecule has 0 aliphatic heterocycles. The van der Waals surface area contributed by atoms with Crippen molar-refractivity contribution in [2.45, 2.75) is 13.5 Å². The van der Waals surface area contributed by atoms with Crippen molar-refractivity contribution in [1.29, 1.82) is 5.26 Å². The standard InChI is InChI=1S/C20H20N2O3/c1-3-25-19-12-15(8-10-18(19)24-2)9-11-20(23)22-14-17-6-4-16(13-21)5-7-17/h4-12H,3,14H2,1-2H3,(H,22,23)/b11-9+. The summed E-state index contributed by atoms with van der Waals surface area (Å²) < 4.78 is 10.8. The van der Waals surface area contributed by atoms with E-state index in [0.717, 1.165) is 11.1 Å². The molecule has 0 unspecified atom stereocenters. The third kappa shape index (κ3) is 5.40. The lowest BCUT2D eigenvalue weighted by Gasteiger charge is -2.09. The van der Waals surface area contributed by atoms with E-state index in [0.29, 0.717) is 30.2 Å². The zero-order valence-electron chi connectivity index (χ0n) is 14.3. The first-order chi connectivity index (χ1) is 12.2. The van der Waals surface area contributed by atoms with E-state index in [4.69, 9.17) is 14.7 Å². The van der Waals surface area contributed by atoms with Crippen LogP contribution in [0.4, 0.5) is 0 Å². The minimum atomic E-state index is -0.196. The number of nitrogens with one attached hydrogen (secondary N) is 1. The lowest BCUT2D eigenvalue weighted by Crippen LogP contribution is -2.20. The smallest absolute Gasteiger partial charge is 0.244 e. The highest BCUT2D eigenvalue weighted by Gasteiger charge is 2.04. The largest absolute Gasteiger partial charge is 0.493 e. The molecule has 0 fully saturated rings. The highest BCUT2D eigenvalue weighted by Crippen LogP contribution is 2.28. The maximum atomic E-state index is 11.9. The zero-order valence-corrected chi connectivity index (χ0v) is 14.3. The number of nitriles is 1. The molecule has 2 aromatic carbocycles. The van der Waals surface area contributed by atoms with E-state index in [9.17, 15) is 4.79 Å². The number of hydrogen-bond acceptors (Lipinski definition) is 4. The van der Waals surface area contributed by atoms with E-state index in [-0.39, 0.29) is 5.91 Å². The van der Waals surface area contributed by atoms with Gasteiger partial charge in [0.1, 0.15) is 0 Å². The number of hydrogen-bond donors (Lipinski definition) is 1. The van der Waals surface area contributed by atoms with Crippen LogP contribution in [0, 0.1) is 11.3 Å². The summed E-state index contributed by atoms with van der Waals surface area (Å²) in [4.78, 5) is 11.9. The first-order valence-corrected chi connectivity index (χ1v) is 7.92. The number of rotatable bonds is 7. The van der Waals surface area contributed by atoms with E-state index in [1.807, 2.05) is 31.2 Å². The van der Waals surface area contributed by atoms with Gasteiger partial charge in [-0.15, -0.1) is 0 Å². The van der Waals surface area contributed by atoms with Crippen molar-refractivity contribution in [2.24, 2.45) is 0 Å². The van der Waals surface area contributed by atoms with Gasteiger partial charge in [0.15, 0.2) is 11.5 Å². The van der Waals surface area contributed by atoms with Crippen molar-refractivity contribution in [3.05, 3.63) is 65.2 Å². The van der Waals surface area contributed by atoms with Gasteiger partial charge >= 0.3 is 0 Å². The summed E-state index contributed by atoms with van der Waals surface area (Å²) in [6.45, 7) is 2.84. The van der Waals surface area contributed by atoms with Gasteiger partial charge in [-0.05, 0) is 48.4 Å². The van der Waals surface area contributed by atoms with Gasteiger partial charge in [-0.3, -0.25) is 4.79 Å². The normalized spacial score (nSPS) is 10.3. The molecule has 128 valence electrons. The fraction of sp³-hybridized carbons (Fsp3) is 0.200. The van der Waals surface area contributed by atoms with Gasteiger partial charge in [-0.2, -0.15) is 5.26 Å². The molecule has 0 saturated heterocycles. The van der Waals surface area contributed by atoms with Crippen LogP contribution < -0.4 is 14.8 Å². The zero-order chi connectivity index (χ0) is 18.1. The van der Waals surface area contributed by atoms with E-state index in [1.54, 1.807) is 31.4 Å². The van der Waals surface area contributed by atoms with Gasteiger partial charge in [0.25, 0.3) is 0 Å². The number of benzene rings is 2. The van der Waals surface area contributed by atoms with Gasteiger partial charge in [0.2, 0.25) is 5.91 Å².